The topological polar surface area (TPSA) is 88.2 Å². The Kier molecular flexibility index (Phi) is 7.37. The highest BCUT2D eigenvalue weighted by Gasteiger charge is 2.20. The predicted octanol–water partition coefficient (Wildman–Crippen LogP) is 3.17. The van der Waals surface area contributed by atoms with E-state index in [-0.39, 0.29) is 11.5 Å². The number of aryl methyl sites for hydroxylation is 2. The standard InChI is InChI=1S/C22H26N4O3S2/c1-29-11-10-26(12-15-6-4-5-9-23-15)19(27)14-30-13-18-24-21(28)20-16-7-2-3-8-17(16)31-22(20)25-18/h4-6,9H,2-3,7-8,10-14H2,1H3,(H,24,25,28). The number of aromatic amines is 1. The second kappa shape index (κ2) is 10.4. The molecule has 0 atom stereocenters. The maximum Gasteiger partial charge on any atom is 0.259 e. The van der Waals surface area contributed by atoms with E-state index in [0.29, 0.717) is 37.0 Å². The third-order valence-corrected chi connectivity index (χ3v) is 7.45. The van der Waals surface area contributed by atoms with Crippen molar-refractivity contribution >= 4 is 39.2 Å². The van der Waals surface area contributed by atoms with E-state index in [9.17, 15) is 9.59 Å². The zero-order valence-electron chi connectivity index (χ0n) is 17.6. The predicted molar refractivity (Wildman–Crippen MR) is 125 cm³/mol. The molecule has 0 radical (unpaired) electrons. The van der Waals surface area contributed by atoms with E-state index < -0.39 is 0 Å². The molecule has 1 amide bonds. The van der Waals surface area contributed by atoms with Crippen LogP contribution in [-0.4, -0.2) is 51.8 Å². The van der Waals surface area contributed by atoms with Crippen LogP contribution in [0.4, 0.5) is 0 Å². The average molecular weight is 459 g/mol. The maximum atomic E-state index is 12.8. The van der Waals surface area contributed by atoms with Crippen LogP contribution < -0.4 is 5.56 Å². The van der Waals surface area contributed by atoms with Crippen LogP contribution in [0.15, 0.2) is 29.2 Å². The number of methoxy groups -OCH3 is 1. The van der Waals surface area contributed by atoms with Gasteiger partial charge in [-0.3, -0.25) is 14.6 Å². The van der Waals surface area contributed by atoms with Crippen LogP contribution in [0.25, 0.3) is 10.2 Å². The van der Waals surface area contributed by atoms with Gasteiger partial charge in [0.1, 0.15) is 10.7 Å². The Bertz CT molecular complexity index is 1100. The molecule has 0 spiro atoms. The lowest BCUT2D eigenvalue weighted by Gasteiger charge is -2.22. The summed E-state index contributed by atoms with van der Waals surface area (Å²) < 4.78 is 5.15. The molecule has 3 aromatic rings. The van der Waals surface area contributed by atoms with Crippen molar-refractivity contribution in [1.29, 1.82) is 0 Å². The highest BCUT2D eigenvalue weighted by atomic mass is 32.2. The fourth-order valence-electron chi connectivity index (χ4n) is 3.78. The lowest BCUT2D eigenvalue weighted by molar-refractivity contribution is -0.129. The average Bonchev–Trinajstić information content (AvgIpc) is 3.16. The molecule has 0 aliphatic heterocycles. The van der Waals surface area contributed by atoms with Gasteiger partial charge in [-0.25, -0.2) is 4.98 Å². The first kappa shape index (κ1) is 22.0. The van der Waals surface area contributed by atoms with Crippen molar-refractivity contribution < 1.29 is 9.53 Å². The monoisotopic (exact) mass is 458 g/mol. The number of thioether (sulfide) groups is 1. The minimum atomic E-state index is -0.0526. The molecular formula is C22H26N4O3S2. The van der Waals surface area contributed by atoms with Gasteiger partial charge >= 0.3 is 0 Å². The van der Waals surface area contributed by atoms with E-state index >= 15 is 0 Å². The van der Waals surface area contributed by atoms with E-state index in [2.05, 4.69) is 15.0 Å². The quantitative estimate of drug-likeness (QED) is 0.530. The van der Waals surface area contributed by atoms with Crippen LogP contribution in [0.5, 0.6) is 0 Å². The second-order valence-corrected chi connectivity index (χ2v) is 9.59. The van der Waals surface area contributed by atoms with Gasteiger partial charge in [0.25, 0.3) is 5.56 Å². The Balaban J connectivity index is 1.39. The number of fused-ring (bicyclic) bond motifs is 3. The number of rotatable bonds is 9. The van der Waals surface area contributed by atoms with E-state index in [1.165, 1.54) is 28.6 Å². The smallest absolute Gasteiger partial charge is 0.259 e. The summed E-state index contributed by atoms with van der Waals surface area (Å²) in [5.41, 5.74) is 1.98. The summed E-state index contributed by atoms with van der Waals surface area (Å²) in [6.45, 7) is 1.43. The highest BCUT2D eigenvalue weighted by molar-refractivity contribution is 7.99. The molecule has 7 nitrogen and oxygen atoms in total. The number of pyridine rings is 1. The zero-order valence-corrected chi connectivity index (χ0v) is 19.2. The summed E-state index contributed by atoms with van der Waals surface area (Å²) in [6, 6.07) is 5.68. The number of amides is 1. The van der Waals surface area contributed by atoms with Crippen LogP contribution in [0.2, 0.25) is 0 Å². The Morgan fingerprint density at radius 1 is 1.32 bits per heavy atom. The maximum absolute atomic E-state index is 12.8. The van der Waals surface area contributed by atoms with Crippen molar-refractivity contribution in [3.63, 3.8) is 0 Å². The van der Waals surface area contributed by atoms with E-state index in [0.717, 1.165) is 35.2 Å². The molecule has 164 valence electrons. The number of ether oxygens (including phenoxy) is 1. The number of hydrogen-bond donors (Lipinski definition) is 1. The molecule has 0 unspecified atom stereocenters. The number of carbonyl (C=O) groups is 1. The first-order valence-electron chi connectivity index (χ1n) is 10.4. The van der Waals surface area contributed by atoms with E-state index in [4.69, 9.17) is 4.74 Å². The lowest BCUT2D eigenvalue weighted by Crippen LogP contribution is -2.35. The molecular weight excluding hydrogens is 432 g/mol. The second-order valence-electron chi connectivity index (χ2n) is 7.53. The molecule has 0 bridgehead atoms. The number of H-pyrrole nitrogens is 1. The van der Waals surface area contributed by atoms with Crippen LogP contribution in [0, 0.1) is 0 Å². The van der Waals surface area contributed by atoms with E-state index in [1.54, 1.807) is 29.5 Å². The molecule has 0 aromatic carbocycles. The largest absolute Gasteiger partial charge is 0.383 e. The van der Waals surface area contributed by atoms with Gasteiger partial charge in [-0.15, -0.1) is 23.1 Å². The van der Waals surface area contributed by atoms with E-state index in [1.807, 2.05) is 18.2 Å². The van der Waals surface area contributed by atoms with Crippen LogP contribution in [0.3, 0.4) is 0 Å². The van der Waals surface area contributed by atoms with Crippen molar-refractivity contribution in [2.45, 2.75) is 38.0 Å². The minimum Gasteiger partial charge on any atom is -0.383 e. The zero-order chi connectivity index (χ0) is 21.6. The Labute approximate surface area is 189 Å². The fraction of sp³-hybridized carbons (Fsp3) is 0.455. The Morgan fingerprint density at radius 2 is 2.19 bits per heavy atom. The van der Waals surface area contributed by atoms with Gasteiger partial charge in [0.2, 0.25) is 5.91 Å². The summed E-state index contributed by atoms with van der Waals surface area (Å²) in [5.74, 6) is 1.44. The van der Waals surface area contributed by atoms with Crippen molar-refractivity contribution in [2.75, 3.05) is 26.0 Å². The Morgan fingerprint density at radius 3 is 3.00 bits per heavy atom. The lowest BCUT2D eigenvalue weighted by atomic mass is 9.97. The molecule has 3 aromatic heterocycles. The van der Waals surface area contributed by atoms with Crippen molar-refractivity contribution in [2.24, 2.45) is 0 Å². The third-order valence-electron chi connectivity index (χ3n) is 5.34. The van der Waals surface area contributed by atoms with Gasteiger partial charge in [0, 0.05) is 24.7 Å². The number of nitrogens with one attached hydrogen (secondary N) is 1. The Hall–Kier alpha value is -2.23. The summed E-state index contributed by atoms with van der Waals surface area (Å²) in [6.07, 6.45) is 6.05. The number of carbonyl (C=O) groups excluding carboxylic acids is 1. The molecule has 1 N–H and O–H groups in total. The molecule has 0 saturated carbocycles. The number of aromatic nitrogens is 3. The van der Waals surface area contributed by atoms with Crippen LogP contribution in [0.1, 0.15) is 34.8 Å². The first-order chi connectivity index (χ1) is 15.2. The summed E-state index contributed by atoms with van der Waals surface area (Å²) >= 11 is 3.11. The van der Waals surface area contributed by atoms with Crippen molar-refractivity contribution in [3.05, 3.63) is 56.7 Å². The molecule has 0 fully saturated rings. The summed E-state index contributed by atoms with van der Waals surface area (Å²) in [5, 5.41) is 0.769. The number of nitrogens with zero attached hydrogens (tertiary/aromatic N) is 3. The number of hydrogen-bond acceptors (Lipinski definition) is 7. The van der Waals surface area contributed by atoms with Crippen molar-refractivity contribution in [3.8, 4) is 0 Å². The normalized spacial score (nSPS) is 13.3. The van der Waals surface area contributed by atoms with Crippen molar-refractivity contribution in [1.82, 2.24) is 19.9 Å². The highest BCUT2D eigenvalue weighted by Crippen LogP contribution is 2.33. The molecule has 3 heterocycles. The van der Waals surface area contributed by atoms with Gasteiger partial charge in [-0.05, 0) is 43.4 Å². The number of thiophene rings is 1. The first-order valence-corrected chi connectivity index (χ1v) is 12.4. The minimum absolute atomic E-state index is 0.0164. The van der Waals surface area contributed by atoms with Gasteiger partial charge in [0.15, 0.2) is 0 Å². The van der Waals surface area contributed by atoms with Gasteiger partial charge in [0.05, 0.1) is 35.7 Å². The third kappa shape index (κ3) is 5.34. The molecule has 4 rings (SSSR count). The van der Waals surface area contributed by atoms with Gasteiger partial charge in [-0.1, -0.05) is 6.07 Å². The molecule has 9 heteroatoms. The van der Waals surface area contributed by atoms with Gasteiger partial charge in [-0.2, -0.15) is 0 Å². The SMILES string of the molecule is COCCN(Cc1ccccn1)C(=O)CSCc1nc2sc3c(c2c(=O)[nH]1)CCCC3. The van der Waals surface area contributed by atoms with Crippen LogP contribution >= 0.6 is 23.1 Å². The van der Waals surface area contributed by atoms with Crippen LogP contribution in [-0.2, 0) is 34.7 Å². The molecule has 1 aliphatic rings. The molecule has 0 saturated heterocycles. The molecule has 1 aliphatic carbocycles. The van der Waals surface area contributed by atoms with Gasteiger partial charge < -0.3 is 14.6 Å². The summed E-state index contributed by atoms with van der Waals surface area (Å²) in [4.78, 5) is 41.3. The summed E-state index contributed by atoms with van der Waals surface area (Å²) in [7, 11) is 1.62. The fourth-order valence-corrected chi connectivity index (χ4v) is 5.85. The molecule has 31 heavy (non-hydrogen) atoms.